The smallest absolute Gasteiger partial charge is 0.257 e. The molecule has 3 heterocycles. The minimum atomic E-state index is 0.597. The molecule has 0 aliphatic carbocycles. The second kappa shape index (κ2) is 4.03. The topological polar surface area (TPSA) is 50.9 Å². The predicted molar refractivity (Wildman–Crippen MR) is 68.1 cm³/mol. The van der Waals surface area contributed by atoms with Gasteiger partial charge in [-0.1, -0.05) is 0 Å². The minimum absolute atomic E-state index is 0.597. The van der Waals surface area contributed by atoms with Gasteiger partial charge in [0, 0.05) is 10.7 Å². The molecule has 0 unspecified atom stereocenters. The number of pyridine rings is 1. The van der Waals surface area contributed by atoms with Gasteiger partial charge < -0.3 is 10.2 Å². The highest BCUT2D eigenvalue weighted by Gasteiger charge is 2.18. The van der Waals surface area contributed by atoms with Crippen LogP contribution in [0.25, 0.3) is 5.65 Å². The molecule has 1 aliphatic heterocycles. The third kappa shape index (κ3) is 1.78. The number of nitrogens with zero attached hydrogens (tertiary/aromatic N) is 3. The minimum Gasteiger partial charge on any atom is -0.473 e. The van der Waals surface area contributed by atoms with Gasteiger partial charge in [0.2, 0.25) is 0 Å². The van der Waals surface area contributed by atoms with E-state index in [1.165, 1.54) is 0 Å². The molecule has 0 fully saturated rings. The molecule has 17 heavy (non-hydrogen) atoms. The zero-order valence-corrected chi connectivity index (χ0v) is 10.9. The van der Waals surface area contributed by atoms with Gasteiger partial charge in [0.25, 0.3) is 5.90 Å². The second-order valence-electron chi connectivity index (χ2n) is 3.79. The van der Waals surface area contributed by atoms with Crippen molar-refractivity contribution in [2.75, 3.05) is 13.2 Å². The van der Waals surface area contributed by atoms with Gasteiger partial charge in [-0.05, 0) is 35.0 Å². The van der Waals surface area contributed by atoms with E-state index in [9.17, 15) is 0 Å². The van der Waals surface area contributed by atoms with Crippen molar-refractivity contribution in [1.82, 2.24) is 14.8 Å². The van der Waals surface area contributed by atoms with Crippen LogP contribution in [0, 0.1) is 6.92 Å². The van der Waals surface area contributed by atoms with E-state index in [0.29, 0.717) is 12.5 Å². The number of rotatable bonds is 1. The Morgan fingerprint density at radius 2 is 2.35 bits per heavy atom. The van der Waals surface area contributed by atoms with Gasteiger partial charge in [0.05, 0.1) is 12.2 Å². The summed E-state index contributed by atoms with van der Waals surface area (Å²) in [6.45, 7) is 3.32. The molecule has 0 saturated heterocycles. The van der Waals surface area contributed by atoms with Gasteiger partial charge in [-0.2, -0.15) is 0 Å². The van der Waals surface area contributed by atoms with E-state index >= 15 is 0 Å². The molecule has 2 aromatic rings. The first kappa shape index (κ1) is 10.6. The average Bonchev–Trinajstić information content (AvgIpc) is 2.65. The van der Waals surface area contributed by atoms with E-state index in [2.05, 4.69) is 31.4 Å². The molecule has 3 rings (SSSR count). The Kier molecular flexibility index (Phi) is 2.51. The number of imidazole rings is 1. The molecule has 0 saturated carbocycles. The summed E-state index contributed by atoms with van der Waals surface area (Å²) in [5, 5.41) is 4.18. The summed E-state index contributed by atoms with van der Waals surface area (Å²) < 4.78 is 8.53. The normalized spacial score (nSPS) is 15.3. The summed E-state index contributed by atoms with van der Waals surface area (Å²) in [5.74, 6) is 0.597. The molecule has 6 heteroatoms. The quantitative estimate of drug-likeness (QED) is 0.871. The molecule has 1 N–H and O–H groups in total. The van der Waals surface area contributed by atoms with Crippen LogP contribution in [0.2, 0.25) is 0 Å². The monoisotopic (exact) mass is 294 g/mol. The van der Waals surface area contributed by atoms with Gasteiger partial charge >= 0.3 is 0 Å². The number of ether oxygens (including phenoxy) is 1. The van der Waals surface area contributed by atoms with Gasteiger partial charge in [0.15, 0.2) is 0 Å². The first-order valence-corrected chi connectivity index (χ1v) is 6.13. The summed E-state index contributed by atoms with van der Waals surface area (Å²) in [5.41, 5.74) is 5.63. The Hall–Kier alpha value is -1.56. The van der Waals surface area contributed by atoms with E-state index in [4.69, 9.17) is 4.74 Å². The molecular formula is C11H11BrN4O. The Balaban J connectivity index is 2.23. The number of hydrogen-bond donors (Lipinski definition) is 1. The molecule has 0 spiro atoms. The number of nitrogens with one attached hydrogen (secondary N) is 1. The van der Waals surface area contributed by atoms with E-state index < -0.39 is 0 Å². The summed E-state index contributed by atoms with van der Waals surface area (Å²) in [6.07, 6.45) is 1.96. The lowest BCUT2D eigenvalue weighted by molar-refractivity contribution is 0.278. The fourth-order valence-corrected chi connectivity index (χ4v) is 2.21. The van der Waals surface area contributed by atoms with Crippen LogP contribution in [0.5, 0.6) is 0 Å². The standard InChI is InChI=1S/C11H11BrN4O/c1-7-10(11-15-13-4-5-17-11)16-6-8(12)2-3-9(16)14-7/h2-3,6,13H,4-5H2,1H3. The molecule has 0 atom stereocenters. The first-order chi connectivity index (χ1) is 8.25. The molecule has 2 aromatic heterocycles. The molecule has 0 aromatic carbocycles. The lowest BCUT2D eigenvalue weighted by atomic mass is 10.3. The molecular weight excluding hydrogens is 284 g/mol. The third-order valence-electron chi connectivity index (χ3n) is 2.59. The Morgan fingerprint density at radius 3 is 3.12 bits per heavy atom. The highest BCUT2D eigenvalue weighted by Crippen LogP contribution is 2.18. The van der Waals surface area contributed by atoms with Crippen molar-refractivity contribution in [2.24, 2.45) is 5.10 Å². The summed E-state index contributed by atoms with van der Waals surface area (Å²) in [4.78, 5) is 4.48. The molecule has 1 aliphatic rings. The molecule has 88 valence electrons. The van der Waals surface area contributed by atoms with Crippen molar-refractivity contribution in [2.45, 2.75) is 6.92 Å². The number of hydrazone groups is 1. The van der Waals surface area contributed by atoms with Crippen molar-refractivity contribution in [3.05, 3.63) is 34.2 Å². The highest BCUT2D eigenvalue weighted by atomic mass is 79.9. The number of aryl methyl sites for hydroxylation is 1. The van der Waals surface area contributed by atoms with Crippen LogP contribution < -0.4 is 5.43 Å². The third-order valence-corrected chi connectivity index (χ3v) is 3.06. The predicted octanol–water partition coefficient (Wildman–Crippen LogP) is 1.69. The van der Waals surface area contributed by atoms with Crippen LogP contribution in [0.15, 0.2) is 27.9 Å². The fourth-order valence-electron chi connectivity index (χ4n) is 1.87. The lowest BCUT2D eigenvalue weighted by Crippen LogP contribution is -2.27. The molecule has 0 bridgehead atoms. The van der Waals surface area contributed by atoms with Crippen LogP contribution in [-0.4, -0.2) is 28.4 Å². The van der Waals surface area contributed by atoms with Crippen LogP contribution in [0.4, 0.5) is 0 Å². The fraction of sp³-hybridized carbons (Fsp3) is 0.273. The van der Waals surface area contributed by atoms with Crippen LogP contribution in [0.1, 0.15) is 11.4 Å². The lowest BCUT2D eigenvalue weighted by Gasteiger charge is -2.14. The average molecular weight is 295 g/mol. The van der Waals surface area contributed by atoms with Gasteiger partial charge in [-0.25, -0.2) is 4.98 Å². The van der Waals surface area contributed by atoms with Crippen molar-refractivity contribution in [1.29, 1.82) is 0 Å². The number of halogens is 1. The SMILES string of the molecule is Cc1nc2ccc(Br)cn2c1C1=NNCCO1. The maximum absolute atomic E-state index is 5.56. The van der Waals surface area contributed by atoms with Crippen LogP contribution in [0.3, 0.4) is 0 Å². The van der Waals surface area contributed by atoms with Crippen LogP contribution in [-0.2, 0) is 4.74 Å². The van der Waals surface area contributed by atoms with Crippen molar-refractivity contribution in [3.8, 4) is 0 Å². The maximum atomic E-state index is 5.56. The van der Waals surface area contributed by atoms with Gasteiger partial charge in [0.1, 0.15) is 17.9 Å². The maximum Gasteiger partial charge on any atom is 0.257 e. The molecule has 0 amide bonds. The second-order valence-corrected chi connectivity index (χ2v) is 4.71. The Labute approximate surface area is 107 Å². The molecule has 0 radical (unpaired) electrons. The first-order valence-electron chi connectivity index (χ1n) is 5.33. The van der Waals surface area contributed by atoms with E-state index in [-0.39, 0.29) is 0 Å². The zero-order chi connectivity index (χ0) is 11.8. The summed E-state index contributed by atoms with van der Waals surface area (Å²) in [6, 6.07) is 3.92. The van der Waals surface area contributed by atoms with E-state index in [1.54, 1.807) is 0 Å². The number of aromatic nitrogens is 2. The Morgan fingerprint density at radius 1 is 1.47 bits per heavy atom. The van der Waals surface area contributed by atoms with E-state index in [1.807, 2.05) is 29.7 Å². The summed E-state index contributed by atoms with van der Waals surface area (Å²) >= 11 is 3.45. The van der Waals surface area contributed by atoms with Crippen LogP contribution >= 0.6 is 15.9 Å². The molecule has 5 nitrogen and oxygen atoms in total. The summed E-state index contributed by atoms with van der Waals surface area (Å²) in [7, 11) is 0. The van der Waals surface area contributed by atoms with E-state index in [0.717, 1.165) is 28.1 Å². The van der Waals surface area contributed by atoms with Gasteiger partial charge in [-0.15, -0.1) is 5.10 Å². The largest absolute Gasteiger partial charge is 0.473 e. The number of hydrogen-bond acceptors (Lipinski definition) is 4. The van der Waals surface area contributed by atoms with Crippen molar-refractivity contribution in [3.63, 3.8) is 0 Å². The Bertz CT molecular complexity index is 605. The zero-order valence-electron chi connectivity index (χ0n) is 9.27. The van der Waals surface area contributed by atoms with Crippen molar-refractivity contribution >= 4 is 27.5 Å². The number of fused-ring (bicyclic) bond motifs is 1. The van der Waals surface area contributed by atoms with Gasteiger partial charge in [-0.3, -0.25) is 4.40 Å². The van der Waals surface area contributed by atoms with Crippen molar-refractivity contribution < 1.29 is 4.74 Å². The highest BCUT2D eigenvalue weighted by molar-refractivity contribution is 9.10.